The molecule has 0 fully saturated rings. The number of para-hydroxylation sites is 1. The molecule has 0 atom stereocenters. The van der Waals surface area contributed by atoms with Crippen LogP contribution in [0.4, 0.5) is 0 Å². The largest absolute Gasteiger partial charge is 0.366 e. The van der Waals surface area contributed by atoms with Gasteiger partial charge in [0.25, 0.3) is 0 Å². The number of thiazole rings is 1. The van der Waals surface area contributed by atoms with Gasteiger partial charge in [-0.15, -0.1) is 0 Å². The fraction of sp³-hybridized carbons (Fsp3) is 0. The smallest absolute Gasteiger partial charge is 0.241 e. The fourth-order valence-electron chi connectivity index (χ4n) is 1.83. The van der Waals surface area contributed by atoms with Crippen molar-refractivity contribution in [2.75, 3.05) is 0 Å². The van der Waals surface area contributed by atoms with E-state index in [-0.39, 0.29) is 0 Å². The first-order valence-corrected chi connectivity index (χ1v) is 6.56. The molecule has 0 unspecified atom stereocenters. The number of carbonyl (C=O) groups is 1. The van der Waals surface area contributed by atoms with E-state index in [1.165, 1.54) is 6.08 Å². The van der Waals surface area contributed by atoms with Crippen LogP contribution in [0.2, 0.25) is 0 Å². The Morgan fingerprint density at radius 3 is 2.89 bits per heavy atom. The molecule has 94 valence electrons. The van der Waals surface area contributed by atoms with Gasteiger partial charge in [0.1, 0.15) is 0 Å². The van der Waals surface area contributed by atoms with Crippen molar-refractivity contribution in [3.63, 3.8) is 0 Å². The van der Waals surface area contributed by atoms with Gasteiger partial charge in [0, 0.05) is 18.0 Å². The van der Waals surface area contributed by atoms with Gasteiger partial charge in [-0.2, -0.15) is 0 Å². The van der Waals surface area contributed by atoms with Crippen molar-refractivity contribution in [1.82, 2.24) is 9.55 Å². The second kappa shape index (κ2) is 4.70. The number of rotatable bonds is 3. The molecule has 1 aromatic carbocycles. The van der Waals surface area contributed by atoms with E-state index in [2.05, 4.69) is 4.98 Å². The topological polar surface area (TPSA) is 60.9 Å². The molecule has 0 aliphatic heterocycles. The molecular weight excluding hydrogens is 258 g/mol. The summed E-state index contributed by atoms with van der Waals surface area (Å²) in [7, 11) is 0. The van der Waals surface area contributed by atoms with Gasteiger partial charge in [0.05, 0.1) is 10.2 Å². The highest BCUT2D eigenvalue weighted by atomic mass is 32.1. The molecule has 0 aliphatic rings. The van der Waals surface area contributed by atoms with Gasteiger partial charge in [-0.05, 0) is 30.3 Å². The second-order valence-electron chi connectivity index (χ2n) is 4.00. The maximum absolute atomic E-state index is 10.8. The molecule has 19 heavy (non-hydrogen) atoms. The van der Waals surface area contributed by atoms with Gasteiger partial charge >= 0.3 is 0 Å². The highest BCUT2D eigenvalue weighted by molar-refractivity contribution is 7.20. The summed E-state index contributed by atoms with van der Waals surface area (Å²) in [6.45, 7) is 0. The van der Waals surface area contributed by atoms with Crippen molar-refractivity contribution in [2.45, 2.75) is 0 Å². The lowest BCUT2D eigenvalue weighted by atomic mass is 10.3. The van der Waals surface area contributed by atoms with Gasteiger partial charge in [-0.1, -0.05) is 23.5 Å². The number of fused-ring (bicyclic) bond motifs is 1. The molecule has 0 aliphatic carbocycles. The minimum atomic E-state index is -0.461. The van der Waals surface area contributed by atoms with Gasteiger partial charge in [0.15, 0.2) is 5.13 Å². The van der Waals surface area contributed by atoms with Crippen LogP contribution in [0.5, 0.6) is 0 Å². The Kier molecular flexibility index (Phi) is 2.89. The fourth-order valence-corrected chi connectivity index (χ4v) is 2.80. The summed E-state index contributed by atoms with van der Waals surface area (Å²) >= 11 is 1.61. The average Bonchev–Trinajstić information content (AvgIpc) is 3.02. The van der Waals surface area contributed by atoms with E-state index >= 15 is 0 Å². The number of carbonyl (C=O) groups excluding carboxylic acids is 1. The van der Waals surface area contributed by atoms with Crippen molar-refractivity contribution in [2.24, 2.45) is 5.73 Å². The van der Waals surface area contributed by atoms with Crippen molar-refractivity contribution in [3.8, 4) is 5.13 Å². The predicted molar refractivity (Wildman–Crippen MR) is 77.2 cm³/mol. The molecule has 0 bridgehead atoms. The lowest BCUT2D eigenvalue weighted by molar-refractivity contribution is -0.113. The highest BCUT2D eigenvalue weighted by Crippen LogP contribution is 2.25. The lowest BCUT2D eigenvalue weighted by Gasteiger charge is -2.00. The quantitative estimate of drug-likeness (QED) is 0.743. The number of amides is 1. The summed E-state index contributed by atoms with van der Waals surface area (Å²) < 4.78 is 3.07. The predicted octanol–water partition coefficient (Wildman–Crippen LogP) is 2.59. The summed E-state index contributed by atoms with van der Waals surface area (Å²) in [6.07, 6.45) is 4.95. The Hall–Kier alpha value is -2.40. The Balaban J connectivity index is 2.07. The Bertz CT molecular complexity index is 737. The van der Waals surface area contributed by atoms with E-state index in [1.807, 2.05) is 47.2 Å². The summed E-state index contributed by atoms with van der Waals surface area (Å²) in [5.74, 6) is -0.461. The number of primary amides is 1. The van der Waals surface area contributed by atoms with Crippen LogP contribution in [0, 0.1) is 0 Å². The van der Waals surface area contributed by atoms with Crippen LogP contribution < -0.4 is 5.73 Å². The second-order valence-corrected chi connectivity index (χ2v) is 5.01. The number of nitrogens with zero attached hydrogens (tertiary/aromatic N) is 2. The molecule has 0 saturated carbocycles. The third-order valence-electron chi connectivity index (χ3n) is 2.69. The third-order valence-corrected chi connectivity index (χ3v) is 3.72. The first kappa shape index (κ1) is 11.7. The molecular formula is C14H11N3OS. The first-order chi connectivity index (χ1) is 9.24. The van der Waals surface area contributed by atoms with Gasteiger partial charge < -0.3 is 5.73 Å². The Morgan fingerprint density at radius 1 is 1.26 bits per heavy atom. The van der Waals surface area contributed by atoms with Gasteiger partial charge in [-0.25, -0.2) is 4.98 Å². The lowest BCUT2D eigenvalue weighted by Crippen LogP contribution is -2.05. The molecule has 3 aromatic rings. The van der Waals surface area contributed by atoms with E-state index in [4.69, 9.17) is 5.73 Å². The summed E-state index contributed by atoms with van der Waals surface area (Å²) in [6, 6.07) is 11.8. The van der Waals surface area contributed by atoms with Crippen LogP contribution in [0.25, 0.3) is 21.4 Å². The molecule has 2 N–H and O–H groups in total. The number of nitrogens with two attached hydrogens (primary N) is 1. The molecule has 2 heterocycles. The SMILES string of the molecule is NC(=O)/C=C/c1cccn1-c1nc2ccccc2s1. The molecule has 0 spiro atoms. The molecule has 3 rings (SSSR count). The van der Waals surface area contributed by atoms with Crippen LogP contribution in [0.15, 0.2) is 48.7 Å². The van der Waals surface area contributed by atoms with Gasteiger partial charge in [0.2, 0.25) is 5.91 Å². The van der Waals surface area contributed by atoms with Gasteiger partial charge in [-0.3, -0.25) is 9.36 Å². The third kappa shape index (κ3) is 2.28. The van der Waals surface area contributed by atoms with E-state index in [0.29, 0.717) is 0 Å². The zero-order valence-corrected chi connectivity index (χ0v) is 10.8. The summed E-state index contributed by atoms with van der Waals surface area (Å²) in [4.78, 5) is 15.4. The van der Waals surface area contributed by atoms with Crippen molar-refractivity contribution in [1.29, 1.82) is 0 Å². The van der Waals surface area contributed by atoms with E-state index < -0.39 is 5.91 Å². The number of hydrogen-bond donors (Lipinski definition) is 1. The van der Waals surface area contributed by atoms with Crippen LogP contribution in [0.3, 0.4) is 0 Å². The normalized spacial score (nSPS) is 11.4. The number of benzene rings is 1. The molecule has 4 nitrogen and oxygen atoms in total. The zero-order chi connectivity index (χ0) is 13.2. The van der Waals surface area contributed by atoms with Crippen molar-refractivity contribution >= 4 is 33.5 Å². The minimum absolute atomic E-state index is 0.461. The molecule has 2 aromatic heterocycles. The van der Waals surface area contributed by atoms with Crippen LogP contribution in [-0.2, 0) is 4.79 Å². The van der Waals surface area contributed by atoms with Crippen LogP contribution in [0.1, 0.15) is 5.69 Å². The molecule has 0 saturated heterocycles. The summed E-state index contributed by atoms with van der Waals surface area (Å²) in [5.41, 5.74) is 6.96. The Morgan fingerprint density at radius 2 is 2.11 bits per heavy atom. The average molecular weight is 269 g/mol. The molecule has 1 amide bonds. The highest BCUT2D eigenvalue weighted by Gasteiger charge is 2.07. The monoisotopic (exact) mass is 269 g/mol. The zero-order valence-electron chi connectivity index (χ0n) is 9.98. The minimum Gasteiger partial charge on any atom is -0.366 e. The van der Waals surface area contributed by atoms with Crippen molar-refractivity contribution in [3.05, 3.63) is 54.4 Å². The van der Waals surface area contributed by atoms with E-state index in [9.17, 15) is 4.79 Å². The molecule has 0 radical (unpaired) electrons. The number of hydrogen-bond acceptors (Lipinski definition) is 3. The number of aromatic nitrogens is 2. The van der Waals surface area contributed by atoms with Crippen LogP contribution in [-0.4, -0.2) is 15.5 Å². The first-order valence-electron chi connectivity index (χ1n) is 5.75. The Labute approximate surface area is 113 Å². The van der Waals surface area contributed by atoms with Crippen LogP contribution >= 0.6 is 11.3 Å². The van der Waals surface area contributed by atoms with E-state index in [0.717, 1.165) is 21.0 Å². The van der Waals surface area contributed by atoms with Crippen molar-refractivity contribution < 1.29 is 4.79 Å². The standard InChI is InChI=1S/C14H11N3OS/c15-13(18)8-7-10-4-3-9-17(10)14-16-11-5-1-2-6-12(11)19-14/h1-9H,(H2,15,18)/b8-7+. The maximum Gasteiger partial charge on any atom is 0.241 e. The molecule has 5 heteroatoms. The summed E-state index contributed by atoms with van der Waals surface area (Å²) in [5, 5.41) is 0.871. The maximum atomic E-state index is 10.8. The van der Waals surface area contributed by atoms with E-state index in [1.54, 1.807) is 17.4 Å².